The number of aromatic nitrogens is 3. The number of nitrogens with zero attached hydrogens (tertiary/aromatic N) is 4. The predicted molar refractivity (Wildman–Crippen MR) is 152 cm³/mol. The van der Waals surface area contributed by atoms with E-state index >= 15 is 0 Å². The summed E-state index contributed by atoms with van der Waals surface area (Å²) in [6.45, 7) is 1.24. The number of benzene rings is 2. The fraction of sp³-hybridized carbons (Fsp3) is 0.267. The lowest BCUT2D eigenvalue weighted by atomic mass is 10.1. The molecule has 2 aromatic carbocycles. The van der Waals surface area contributed by atoms with Gasteiger partial charge in [-0.25, -0.2) is 14.4 Å². The van der Waals surface area contributed by atoms with E-state index in [1.54, 1.807) is 42.6 Å². The van der Waals surface area contributed by atoms with Crippen molar-refractivity contribution in [2.24, 2.45) is 0 Å². The monoisotopic (exact) mass is 542 g/mol. The van der Waals surface area contributed by atoms with Crippen molar-refractivity contribution in [2.45, 2.75) is 31.9 Å². The van der Waals surface area contributed by atoms with Crippen LogP contribution < -0.4 is 20.1 Å². The number of pyridine rings is 1. The number of methoxy groups -OCH3 is 1. The highest BCUT2D eigenvalue weighted by Crippen LogP contribution is 2.38. The molecule has 3 heterocycles. The van der Waals surface area contributed by atoms with E-state index in [2.05, 4.69) is 37.5 Å². The first-order valence-corrected chi connectivity index (χ1v) is 13.1. The van der Waals surface area contributed by atoms with Crippen LogP contribution in [0.4, 0.5) is 21.6 Å². The Kier molecular flexibility index (Phi) is 8.46. The number of likely N-dealkylation sites (tertiary alicyclic amines) is 1. The molecule has 1 saturated heterocycles. The zero-order valence-corrected chi connectivity index (χ0v) is 22.4. The van der Waals surface area contributed by atoms with Crippen LogP contribution in [-0.2, 0) is 11.4 Å². The number of hydrogen-bond donors (Lipinski definition) is 2. The first-order chi connectivity index (χ1) is 19.5. The zero-order chi connectivity index (χ0) is 27.9. The standard InChI is InChI=1S/C30H31FN6O3/c1-37-16-6-9-22(37)8-5-10-27(38)36-25-13-12-24-28(29(25)39-2)30(34-19-33-24)35-20-11-14-26(23(31)17-20)40-18-21-7-3-4-15-32-21/h3-5,7,10-15,17,19,22H,6,8-9,16,18H2,1-2H3,(H,36,38)(H,33,34,35)/b10-5+/t22-/m0/s1. The van der Waals surface area contributed by atoms with Gasteiger partial charge in [0.15, 0.2) is 17.3 Å². The molecule has 1 amide bonds. The summed E-state index contributed by atoms with van der Waals surface area (Å²) in [7, 11) is 3.62. The van der Waals surface area contributed by atoms with E-state index in [1.165, 1.54) is 25.9 Å². The van der Waals surface area contributed by atoms with E-state index in [0.717, 1.165) is 19.4 Å². The van der Waals surface area contributed by atoms with Crippen molar-refractivity contribution in [1.82, 2.24) is 19.9 Å². The topological polar surface area (TPSA) is 102 Å². The molecule has 1 atom stereocenters. The lowest BCUT2D eigenvalue weighted by Crippen LogP contribution is -2.24. The van der Waals surface area contributed by atoms with Gasteiger partial charge in [0.2, 0.25) is 5.91 Å². The normalized spacial score (nSPS) is 15.4. The number of hydrogen-bond acceptors (Lipinski definition) is 8. The number of amides is 1. The molecule has 40 heavy (non-hydrogen) atoms. The predicted octanol–water partition coefficient (Wildman–Crippen LogP) is 5.47. The molecule has 206 valence electrons. The van der Waals surface area contributed by atoms with E-state index in [4.69, 9.17) is 9.47 Å². The Bertz CT molecular complexity index is 1510. The van der Waals surface area contributed by atoms with Crippen LogP contribution in [0.5, 0.6) is 11.5 Å². The Morgan fingerprint density at radius 2 is 2.08 bits per heavy atom. The highest BCUT2D eigenvalue weighted by Gasteiger charge is 2.19. The van der Waals surface area contributed by atoms with E-state index in [9.17, 15) is 9.18 Å². The van der Waals surface area contributed by atoms with E-state index < -0.39 is 5.82 Å². The molecule has 0 spiro atoms. The number of ether oxygens (including phenoxy) is 2. The molecule has 2 N–H and O–H groups in total. The highest BCUT2D eigenvalue weighted by atomic mass is 19.1. The van der Waals surface area contributed by atoms with Crippen LogP contribution >= 0.6 is 0 Å². The molecule has 5 rings (SSSR count). The van der Waals surface area contributed by atoms with Crippen molar-refractivity contribution in [3.63, 3.8) is 0 Å². The average Bonchev–Trinajstić information content (AvgIpc) is 3.37. The fourth-order valence-corrected chi connectivity index (χ4v) is 4.78. The summed E-state index contributed by atoms with van der Waals surface area (Å²) < 4.78 is 26.1. The van der Waals surface area contributed by atoms with Gasteiger partial charge in [0.05, 0.1) is 29.4 Å². The minimum Gasteiger partial charge on any atom is -0.494 e. The summed E-state index contributed by atoms with van der Waals surface area (Å²) in [5.41, 5.74) is 2.23. The second kappa shape index (κ2) is 12.5. The van der Waals surface area contributed by atoms with Crippen LogP contribution in [0, 0.1) is 5.82 Å². The molecule has 1 aliphatic heterocycles. The highest BCUT2D eigenvalue weighted by molar-refractivity contribution is 6.05. The zero-order valence-electron chi connectivity index (χ0n) is 22.4. The number of carbonyl (C=O) groups is 1. The summed E-state index contributed by atoms with van der Waals surface area (Å²) in [6, 6.07) is 14.0. The molecule has 0 radical (unpaired) electrons. The van der Waals surface area contributed by atoms with Gasteiger partial charge in [0.1, 0.15) is 18.8 Å². The summed E-state index contributed by atoms with van der Waals surface area (Å²) >= 11 is 0. The molecule has 0 bridgehead atoms. The van der Waals surface area contributed by atoms with Crippen molar-refractivity contribution in [3.05, 3.63) is 84.7 Å². The van der Waals surface area contributed by atoms with E-state index in [1.807, 2.05) is 18.2 Å². The van der Waals surface area contributed by atoms with Crippen LogP contribution in [0.25, 0.3) is 10.9 Å². The molecular weight excluding hydrogens is 511 g/mol. The molecule has 0 saturated carbocycles. The summed E-state index contributed by atoms with van der Waals surface area (Å²) in [5, 5.41) is 6.59. The van der Waals surface area contributed by atoms with Crippen molar-refractivity contribution < 1.29 is 18.7 Å². The number of nitrogens with one attached hydrogen (secondary N) is 2. The van der Waals surface area contributed by atoms with Gasteiger partial charge < -0.3 is 25.0 Å². The average molecular weight is 543 g/mol. The van der Waals surface area contributed by atoms with Crippen LogP contribution in [0.1, 0.15) is 25.0 Å². The first-order valence-electron chi connectivity index (χ1n) is 13.1. The SMILES string of the molecule is COc1c(NC(=O)/C=C/C[C@H]2CCCN2C)ccc2ncnc(Nc3ccc(OCc4ccccn4)c(F)c3)c12. The third-order valence-corrected chi connectivity index (χ3v) is 6.86. The Hall–Kier alpha value is -4.57. The van der Waals surface area contributed by atoms with Gasteiger partial charge in [-0.2, -0.15) is 0 Å². The Labute approximate surface area is 232 Å². The van der Waals surface area contributed by atoms with E-state index in [0.29, 0.717) is 45.6 Å². The Balaban J connectivity index is 1.32. The molecule has 1 aliphatic rings. The van der Waals surface area contributed by atoms with Gasteiger partial charge in [-0.1, -0.05) is 12.1 Å². The third kappa shape index (κ3) is 6.35. The van der Waals surface area contributed by atoms with Crippen LogP contribution in [0.3, 0.4) is 0 Å². The number of halogens is 1. The van der Waals surface area contributed by atoms with Gasteiger partial charge in [-0.3, -0.25) is 9.78 Å². The minimum atomic E-state index is -0.533. The maximum absolute atomic E-state index is 14.8. The number of anilines is 3. The molecule has 10 heteroatoms. The third-order valence-electron chi connectivity index (χ3n) is 6.86. The summed E-state index contributed by atoms with van der Waals surface area (Å²) in [4.78, 5) is 27.9. The van der Waals surface area contributed by atoms with E-state index in [-0.39, 0.29) is 18.3 Å². The fourth-order valence-electron chi connectivity index (χ4n) is 4.78. The number of carbonyl (C=O) groups excluding carboxylic acids is 1. The smallest absolute Gasteiger partial charge is 0.248 e. The quantitative estimate of drug-likeness (QED) is 0.254. The van der Waals surface area contributed by atoms with Crippen molar-refractivity contribution >= 4 is 34.0 Å². The first kappa shape index (κ1) is 27.0. The summed E-state index contributed by atoms with van der Waals surface area (Å²) in [6.07, 6.45) is 9.68. The van der Waals surface area contributed by atoms with Crippen LogP contribution in [0.15, 0.2) is 73.2 Å². The Morgan fingerprint density at radius 3 is 2.83 bits per heavy atom. The maximum atomic E-state index is 14.8. The Morgan fingerprint density at radius 1 is 1.18 bits per heavy atom. The molecule has 9 nitrogen and oxygen atoms in total. The number of fused-ring (bicyclic) bond motifs is 1. The largest absolute Gasteiger partial charge is 0.494 e. The minimum absolute atomic E-state index is 0.110. The van der Waals surface area contributed by atoms with Crippen LogP contribution in [-0.4, -0.2) is 52.5 Å². The molecule has 1 fully saturated rings. The van der Waals surface area contributed by atoms with Gasteiger partial charge in [-0.15, -0.1) is 0 Å². The molecule has 4 aromatic rings. The molecular formula is C30H31FN6O3. The number of rotatable bonds is 10. The molecule has 0 aliphatic carbocycles. The van der Waals surface area contributed by atoms with Crippen molar-refractivity contribution in [2.75, 3.05) is 31.3 Å². The molecule has 0 unspecified atom stereocenters. The van der Waals surface area contributed by atoms with Gasteiger partial charge >= 0.3 is 0 Å². The van der Waals surface area contributed by atoms with Gasteiger partial charge in [-0.05, 0) is 75.3 Å². The second-order valence-electron chi connectivity index (χ2n) is 9.55. The van der Waals surface area contributed by atoms with Crippen LogP contribution in [0.2, 0.25) is 0 Å². The second-order valence-corrected chi connectivity index (χ2v) is 9.55. The lowest BCUT2D eigenvalue weighted by molar-refractivity contribution is -0.111. The van der Waals surface area contributed by atoms with Crippen molar-refractivity contribution in [1.29, 1.82) is 0 Å². The van der Waals surface area contributed by atoms with Crippen molar-refractivity contribution in [3.8, 4) is 11.5 Å². The van der Waals surface area contributed by atoms with Gasteiger partial charge in [0, 0.05) is 24.0 Å². The lowest BCUT2D eigenvalue weighted by Gasteiger charge is -2.17. The summed E-state index contributed by atoms with van der Waals surface area (Å²) in [5.74, 6) is 0.120. The maximum Gasteiger partial charge on any atom is 0.248 e. The van der Waals surface area contributed by atoms with Gasteiger partial charge in [0.25, 0.3) is 0 Å². The molecule has 2 aromatic heterocycles.